The first-order valence-electron chi connectivity index (χ1n) is 9.41. The summed E-state index contributed by atoms with van der Waals surface area (Å²) in [5.41, 5.74) is 3.53. The Morgan fingerprint density at radius 3 is 2.40 bits per heavy atom. The highest BCUT2D eigenvalue weighted by Gasteiger charge is 2.32. The van der Waals surface area contributed by atoms with Crippen molar-refractivity contribution in [3.05, 3.63) is 58.2 Å². The lowest BCUT2D eigenvalue weighted by molar-refractivity contribution is -0.116. The van der Waals surface area contributed by atoms with Gasteiger partial charge in [0, 0.05) is 22.9 Å². The molecule has 30 heavy (non-hydrogen) atoms. The number of fused-ring (bicyclic) bond motifs is 1. The molecule has 1 aliphatic heterocycles. The first-order valence-corrected chi connectivity index (χ1v) is 9.78. The van der Waals surface area contributed by atoms with Crippen LogP contribution in [-0.4, -0.2) is 37.0 Å². The van der Waals surface area contributed by atoms with E-state index >= 15 is 0 Å². The van der Waals surface area contributed by atoms with Crippen molar-refractivity contribution in [2.24, 2.45) is 0 Å². The molecule has 8 heteroatoms. The summed E-state index contributed by atoms with van der Waals surface area (Å²) in [5.74, 6) is 1.91. The zero-order valence-electron chi connectivity index (χ0n) is 17.2. The van der Waals surface area contributed by atoms with Gasteiger partial charge >= 0.3 is 0 Å². The molecule has 2 aromatic carbocycles. The molecule has 156 valence electrons. The number of amides is 1. The van der Waals surface area contributed by atoms with Crippen LogP contribution in [0, 0.1) is 6.92 Å². The predicted molar refractivity (Wildman–Crippen MR) is 114 cm³/mol. The minimum Gasteiger partial charge on any atom is -0.493 e. The smallest absolute Gasteiger partial charge is 0.226 e. The number of rotatable bonds is 5. The summed E-state index contributed by atoms with van der Waals surface area (Å²) >= 11 is 6.29. The second-order valence-corrected chi connectivity index (χ2v) is 7.46. The molecule has 1 aliphatic rings. The Kier molecular flexibility index (Phi) is 5.30. The summed E-state index contributed by atoms with van der Waals surface area (Å²) in [7, 11) is 4.70. The maximum absolute atomic E-state index is 12.6. The second-order valence-electron chi connectivity index (χ2n) is 7.06. The van der Waals surface area contributed by atoms with Gasteiger partial charge in [-0.15, -0.1) is 0 Å². The number of hydrogen-bond donors (Lipinski definition) is 1. The van der Waals surface area contributed by atoms with Crippen LogP contribution >= 0.6 is 11.6 Å². The van der Waals surface area contributed by atoms with Gasteiger partial charge in [-0.25, -0.2) is 4.68 Å². The molecule has 1 aromatic heterocycles. The van der Waals surface area contributed by atoms with Gasteiger partial charge in [-0.05, 0) is 42.3 Å². The minimum absolute atomic E-state index is 0.0961. The van der Waals surface area contributed by atoms with Crippen LogP contribution in [0.25, 0.3) is 5.69 Å². The lowest BCUT2D eigenvalue weighted by Gasteiger charge is -2.25. The fraction of sp³-hybridized carbons (Fsp3) is 0.273. The van der Waals surface area contributed by atoms with Crippen LogP contribution in [0.3, 0.4) is 0 Å². The van der Waals surface area contributed by atoms with E-state index in [0.717, 1.165) is 22.4 Å². The molecule has 0 bridgehead atoms. The molecule has 4 rings (SSSR count). The molecular weight excluding hydrogens is 406 g/mol. The van der Waals surface area contributed by atoms with Crippen molar-refractivity contribution >= 4 is 23.3 Å². The molecule has 1 N–H and O–H groups in total. The van der Waals surface area contributed by atoms with Gasteiger partial charge < -0.3 is 19.5 Å². The van der Waals surface area contributed by atoms with E-state index in [1.807, 2.05) is 37.3 Å². The van der Waals surface area contributed by atoms with Gasteiger partial charge in [-0.3, -0.25) is 4.79 Å². The summed E-state index contributed by atoms with van der Waals surface area (Å²) in [4.78, 5) is 12.6. The third-order valence-electron chi connectivity index (χ3n) is 5.31. The molecule has 0 radical (unpaired) electrons. The lowest BCUT2D eigenvalue weighted by atomic mass is 9.87. The van der Waals surface area contributed by atoms with Crippen molar-refractivity contribution in [2.45, 2.75) is 19.3 Å². The normalized spacial score (nSPS) is 15.4. The standard InChI is InChI=1S/C22H22ClN3O4/c1-12-5-6-14(9-17(12)23)26-22-16(11-24-26)15(10-20(27)25-22)13-7-18(28-2)21(30-4)19(8-13)29-3/h5-9,11,15H,10H2,1-4H3,(H,25,27). The third-order valence-corrected chi connectivity index (χ3v) is 5.72. The number of aryl methyl sites for hydroxylation is 1. The average molecular weight is 428 g/mol. The number of anilines is 1. The van der Waals surface area contributed by atoms with Gasteiger partial charge in [0.25, 0.3) is 0 Å². The monoisotopic (exact) mass is 427 g/mol. The fourth-order valence-corrected chi connectivity index (χ4v) is 3.90. The van der Waals surface area contributed by atoms with Gasteiger partial charge in [0.1, 0.15) is 5.82 Å². The van der Waals surface area contributed by atoms with Crippen LogP contribution in [0.1, 0.15) is 29.0 Å². The molecule has 7 nitrogen and oxygen atoms in total. The molecular formula is C22H22ClN3O4. The molecule has 1 atom stereocenters. The third kappa shape index (κ3) is 3.35. The van der Waals surface area contributed by atoms with E-state index in [2.05, 4.69) is 10.4 Å². The number of halogens is 1. The number of methoxy groups -OCH3 is 3. The summed E-state index contributed by atoms with van der Waals surface area (Å²) in [6, 6.07) is 9.42. The van der Waals surface area contributed by atoms with Gasteiger partial charge in [0.15, 0.2) is 11.5 Å². The quantitative estimate of drug-likeness (QED) is 0.655. The molecule has 2 heterocycles. The van der Waals surface area contributed by atoms with E-state index in [0.29, 0.717) is 28.1 Å². The Bertz CT molecular complexity index is 1100. The number of carbonyl (C=O) groups excluding carboxylic acids is 1. The average Bonchev–Trinajstić information content (AvgIpc) is 3.17. The van der Waals surface area contributed by atoms with Gasteiger partial charge in [-0.1, -0.05) is 17.7 Å². The molecule has 0 spiro atoms. The Labute approximate surface area is 179 Å². The number of benzene rings is 2. The Hall–Kier alpha value is -3.19. The zero-order chi connectivity index (χ0) is 21.4. The van der Waals surface area contributed by atoms with E-state index in [4.69, 9.17) is 25.8 Å². The highest BCUT2D eigenvalue weighted by atomic mass is 35.5. The second kappa shape index (κ2) is 7.91. The van der Waals surface area contributed by atoms with Gasteiger partial charge in [0.05, 0.1) is 33.2 Å². The van der Waals surface area contributed by atoms with Crippen molar-refractivity contribution in [1.29, 1.82) is 0 Å². The van der Waals surface area contributed by atoms with Crippen molar-refractivity contribution in [3.63, 3.8) is 0 Å². The number of hydrogen-bond acceptors (Lipinski definition) is 5. The molecule has 0 fully saturated rings. The number of aromatic nitrogens is 2. The van der Waals surface area contributed by atoms with Crippen molar-refractivity contribution in [2.75, 3.05) is 26.6 Å². The van der Waals surface area contributed by atoms with Gasteiger partial charge in [-0.2, -0.15) is 5.10 Å². The highest BCUT2D eigenvalue weighted by molar-refractivity contribution is 6.31. The van der Waals surface area contributed by atoms with Crippen molar-refractivity contribution < 1.29 is 19.0 Å². The first-order chi connectivity index (χ1) is 14.5. The minimum atomic E-state index is -0.211. The summed E-state index contributed by atoms with van der Waals surface area (Å²) < 4.78 is 18.1. The highest BCUT2D eigenvalue weighted by Crippen LogP contribution is 2.44. The number of ether oxygens (including phenoxy) is 3. The van der Waals surface area contributed by atoms with Crippen LogP contribution in [0.2, 0.25) is 5.02 Å². The van der Waals surface area contributed by atoms with E-state index in [9.17, 15) is 4.79 Å². The summed E-state index contributed by atoms with van der Waals surface area (Å²) in [5, 5.41) is 8.11. The maximum atomic E-state index is 12.6. The van der Waals surface area contributed by atoms with E-state index < -0.39 is 0 Å². The topological polar surface area (TPSA) is 74.6 Å². The molecule has 3 aromatic rings. The van der Waals surface area contributed by atoms with Crippen molar-refractivity contribution in [3.8, 4) is 22.9 Å². The Balaban J connectivity index is 1.83. The summed E-state index contributed by atoms with van der Waals surface area (Å²) in [6.45, 7) is 1.94. The van der Waals surface area contributed by atoms with E-state index in [-0.39, 0.29) is 18.2 Å². The van der Waals surface area contributed by atoms with Crippen LogP contribution in [0.15, 0.2) is 36.5 Å². The number of carbonyl (C=O) groups is 1. The molecule has 0 saturated heterocycles. The van der Waals surface area contributed by atoms with Crippen LogP contribution in [0.5, 0.6) is 17.2 Å². The predicted octanol–water partition coefficient (Wildman–Crippen LogP) is 4.33. The van der Waals surface area contributed by atoms with Crippen LogP contribution < -0.4 is 19.5 Å². The number of nitrogens with zero attached hydrogens (tertiary/aromatic N) is 2. The molecule has 1 amide bonds. The summed E-state index contributed by atoms with van der Waals surface area (Å²) in [6.07, 6.45) is 2.06. The van der Waals surface area contributed by atoms with Gasteiger partial charge in [0.2, 0.25) is 11.7 Å². The van der Waals surface area contributed by atoms with Crippen LogP contribution in [0.4, 0.5) is 5.82 Å². The van der Waals surface area contributed by atoms with Crippen LogP contribution in [-0.2, 0) is 4.79 Å². The maximum Gasteiger partial charge on any atom is 0.226 e. The van der Waals surface area contributed by atoms with E-state index in [1.54, 1.807) is 32.2 Å². The first kappa shape index (κ1) is 20.1. The molecule has 0 aliphatic carbocycles. The number of nitrogens with one attached hydrogen (secondary N) is 1. The SMILES string of the molecule is COc1cc(C2CC(=O)Nc3c2cnn3-c2ccc(C)c(Cl)c2)cc(OC)c1OC. The zero-order valence-corrected chi connectivity index (χ0v) is 17.9. The van der Waals surface area contributed by atoms with E-state index in [1.165, 1.54) is 0 Å². The fourth-order valence-electron chi connectivity index (χ4n) is 3.73. The molecule has 1 unspecified atom stereocenters. The largest absolute Gasteiger partial charge is 0.493 e. The Morgan fingerprint density at radius 2 is 1.80 bits per heavy atom. The lowest BCUT2D eigenvalue weighted by Crippen LogP contribution is -2.24. The molecule has 0 saturated carbocycles. The van der Waals surface area contributed by atoms with Crippen molar-refractivity contribution in [1.82, 2.24) is 9.78 Å². The Morgan fingerprint density at radius 1 is 1.10 bits per heavy atom.